The number of ether oxygens (including phenoxy) is 1. The Morgan fingerprint density at radius 2 is 1.56 bits per heavy atom. The lowest BCUT2D eigenvalue weighted by molar-refractivity contribution is 0.0533. The molecule has 142 valence electrons. The Labute approximate surface area is 158 Å². The number of hydrogen-bond donors (Lipinski definition) is 0. The predicted molar refractivity (Wildman–Crippen MR) is 101 cm³/mol. The largest absolute Gasteiger partial charge is 0.496 e. The number of methoxy groups -OCH3 is 1. The van der Waals surface area contributed by atoms with Crippen LogP contribution in [0.5, 0.6) is 5.75 Å². The van der Waals surface area contributed by atoms with E-state index in [0.29, 0.717) is 43.1 Å². The van der Waals surface area contributed by atoms with Gasteiger partial charge in [0.2, 0.25) is 0 Å². The van der Waals surface area contributed by atoms with Crippen molar-refractivity contribution in [2.24, 2.45) is 0 Å². The minimum atomic E-state index is -0.370. The van der Waals surface area contributed by atoms with Gasteiger partial charge in [0.15, 0.2) is 0 Å². The van der Waals surface area contributed by atoms with E-state index in [2.05, 4.69) is 0 Å². The van der Waals surface area contributed by atoms with E-state index in [0.717, 1.165) is 12.0 Å². The number of carbonyl (C=O) groups excluding carboxylic acids is 2. The summed E-state index contributed by atoms with van der Waals surface area (Å²) >= 11 is 0. The van der Waals surface area contributed by atoms with Crippen LogP contribution in [0, 0.1) is 5.82 Å². The molecule has 0 aromatic heterocycles. The van der Waals surface area contributed by atoms with Crippen LogP contribution in [0.25, 0.3) is 0 Å². The van der Waals surface area contributed by atoms with Gasteiger partial charge in [-0.3, -0.25) is 9.59 Å². The third-order valence-electron chi connectivity index (χ3n) is 4.85. The Bertz CT molecular complexity index is 828. The zero-order chi connectivity index (χ0) is 19.4. The highest BCUT2D eigenvalue weighted by atomic mass is 19.1. The van der Waals surface area contributed by atoms with Crippen molar-refractivity contribution < 1.29 is 18.7 Å². The molecule has 2 aromatic rings. The Kier molecular flexibility index (Phi) is 5.74. The van der Waals surface area contributed by atoms with Crippen molar-refractivity contribution in [1.82, 2.24) is 9.80 Å². The van der Waals surface area contributed by atoms with Gasteiger partial charge >= 0.3 is 0 Å². The summed E-state index contributed by atoms with van der Waals surface area (Å²) in [5.41, 5.74) is 2.08. The number of carbonyl (C=O) groups is 2. The first kappa shape index (κ1) is 18.9. The van der Waals surface area contributed by atoms with Gasteiger partial charge in [-0.05, 0) is 48.4 Å². The lowest BCUT2D eigenvalue weighted by Gasteiger charge is -2.35. The summed E-state index contributed by atoms with van der Waals surface area (Å²) in [7, 11) is 1.55. The summed E-state index contributed by atoms with van der Waals surface area (Å²) < 4.78 is 18.4. The van der Waals surface area contributed by atoms with Crippen LogP contribution in [0.4, 0.5) is 4.39 Å². The molecule has 1 fully saturated rings. The number of aryl methyl sites for hydroxylation is 1. The predicted octanol–water partition coefficient (Wildman–Crippen LogP) is 2.99. The molecule has 3 rings (SSSR count). The second-order valence-corrected chi connectivity index (χ2v) is 6.48. The van der Waals surface area contributed by atoms with E-state index in [-0.39, 0.29) is 17.6 Å². The van der Waals surface area contributed by atoms with Crippen LogP contribution in [0.2, 0.25) is 0 Å². The van der Waals surface area contributed by atoms with E-state index in [9.17, 15) is 14.0 Å². The molecular weight excluding hydrogens is 347 g/mol. The summed E-state index contributed by atoms with van der Waals surface area (Å²) in [5.74, 6) is -0.0454. The monoisotopic (exact) mass is 370 g/mol. The van der Waals surface area contributed by atoms with Gasteiger partial charge in [0, 0.05) is 31.7 Å². The smallest absolute Gasteiger partial charge is 0.257 e. The SMILES string of the molecule is CCc1ccc(OC)c(C(=O)N2CCN(C(=O)c3ccc(F)cc3)CC2)c1. The zero-order valence-corrected chi connectivity index (χ0v) is 15.6. The van der Waals surface area contributed by atoms with Crippen LogP contribution in [-0.2, 0) is 6.42 Å². The molecule has 0 spiro atoms. The lowest BCUT2D eigenvalue weighted by atomic mass is 10.1. The molecule has 1 saturated heterocycles. The van der Waals surface area contributed by atoms with Crippen molar-refractivity contribution in [2.75, 3.05) is 33.3 Å². The number of hydrogen-bond acceptors (Lipinski definition) is 3. The molecule has 0 radical (unpaired) electrons. The standard InChI is InChI=1S/C21H23FN2O3/c1-3-15-4-9-19(27-2)18(14-15)21(26)24-12-10-23(11-13-24)20(25)16-5-7-17(22)8-6-16/h4-9,14H,3,10-13H2,1-2H3. The quantitative estimate of drug-likeness (QED) is 0.831. The highest BCUT2D eigenvalue weighted by Gasteiger charge is 2.27. The minimum absolute atomic E-state index is 0.0870. The van der Waals surface area contributed by atoms with Crippen molar-refractivity contribution >= 4 is 11.8 Å². The third-order valence-corrected chi connectivity index (χ3v) is 4.85. The Hall–Kier alpha value is -2.89. The first-order valence-electron chi connectivity index (χ1n) is 9.04. The molecule has 0 aliphatic carbocycles. The van der Waals surface area contributed by atoms with Crippen LogP contribution in [0.15, 0.2) is 42.5 Å². The average Bonchev–Trinajstić information content (AvgIpc) is 2.73. The minimum Gasteiger partial charge on any atom is -0.496 e. The van der Waals surface area contributed by atoms with Gasteiger partial charge in [-0.25, -0.2) is 4.39 Å². The summed E-state index contributed by atoms with van der Waals surface area (Å²) in [5, 5.41) is 0. The molecule has 0 atom stereocenters. The second-order valence-electron chi connectivity index (χ2n) is 6.48. The fraction of sp³-hybridized carbons (Fsp3) is 0.333. The first-order chi connectivity index (χ1) is 13.0. The number of benzene rings is 2. The van der Waals surface area contributed by atoms with Gasteiger partial charge in [-0.2, -0.15) is 0 Å². The fourth-order valence-electron chi connectivity index (χ4n) is 3.20. The number of amides is 2. The molecule has 6 heteroatoms. The van der Waals surface area contributed by atoms with E-state index < -0.39 is 0 Å². The van der Waals surface area contributed by atoms with E-state index in [1.54, 1.807) is 16.9 Å². The van der Waals surface area contributed by atoms with E-state index in [1.807, 2.05) is 25.1 Å². The van der Waals surface area contributed by atoms with Crippen molar-refractivity contribution in [1.29, 1.82) is 0 Å². The van der Waals surface area contributed by atoms with Gasteiger partial charge in [0.25, 0.3) is 11.8 Å². The molecule has 2 aromatic carbocycles. The maximum Gasteiger partial charge on any atom is 0.257 e. The van der Waals surface area contributed by atoms with E-state index >= 15 is 0 Å². The lowest BCUT2D eigenvalue weighted by Crippen LogP contribution is -2.50. The molecule has 27 heavy (non-hydrogen) atoms. The second kappa shape index (κ2) is 8.20. The average molecular weight is 370 g/mol. The van der Waals surface area contributed by atoms with Crippen LogP contribution in [-0.4, -0.2) is 54.9 Å². The summed E-state index contributed by atoms with van der Waals surface area (Å²) in [6.45, 7) is 3.82. The summed E-state index contributed by atoms with van der Waals surface area (Å²) in [6, 6.07) is 11.2. The van der Waals surface area contributed by atoms with Crippen molar-refractivity contribution in [3.63, 3.8) is 0 Å². The van der Waals surface area contributed by atoms with Gasteiger partial charge in [-0.15, -0.1) is 0 Å². The van der Waals surface area contributed by atoms with Gasteiger partial charge in [-0.1, -0.05) is 13.0 Å². The molecule has 0 N–H and O–H groups in total. The van der Waals surface area contributed by atoms with Gasteiger partial charge in [0.1, 0.15) is 11.6 Å². The van der Waals surface area contributed by atoms with Crippen LogP contribution in [0.1, 0.15) is 33.2 Å². The maximum atomic E-state index is 13.0. The summed E-state index contributed by atoms with van der Waals surface area (Å²) in [6.07, 6.45) is 0.838. The van der Waals surface area contributed by atoms with Crippen molar-refractivity contribution in [3.05, 3.63) is 65.0 Å². The molecule has 1 aliphatic rings. The van der Waals surface area contributed by atoms with Gasteiger partial charge < -0.3 is 14.5 Å². The fourth-order valence-corrected chi connectivity index (χ4v) is 3.20. The first-order valence-corrected chi connectivity index (χ1v) is 9.04. The topological polar surface area (TPSA) is 49.9 Å². The van der Waals surface area contributed by atoms with Crippen molar-refractivity contribution in [3.8, 4) is 5.75 Å². The zero-order valence-electron chi connectivity index (χ0n) is 15.6. The number of piperazine rings is 1. The van der Waals surface area contributed by atoms with Crippen LogP contribution < -0.4 is 4.74 Å². The molecule has 0 saturated carbocycles. The van der Waals surface area contributed by atoms with Crippen LogP contribution >= 0.6 is 0 Å². The molecule has 0 bridgehead atoms. The molecule has 1 heterocycles. The molecule has 5 nitrogen and oxygen atoms in total. The van der Waals surface area contributed by atoms with Crippen LogP contribution in [0.3, 0.4) is 0 Å². The van der Waals surface area contributed by atoms with E-state index in [4.69, 9.17) is 4.74 Å². The third kappa shape index (κ3) is 4.10. The van der Waals surface area contributed by atoms with E-state index in [1.165, 1.54) is 24.3 Å². The Morgan fingerprint density at radius 1 is 0.963 bits per heavy atom. The normalized spacial score (nSPS) is 14.2. The molecule has 0 unspecified atom stereocenters. The molecule has 2 amide bonds. The molecule has 1 aliphatic heterocycles. The Morgan fingerprint density at radius 3 is 2.11 bits per heavy atom. The maximum absolute atomic E-state index is 13.0. The van der Waals surface area contributed by atoms with Gasteiger partial charge in [0.05, 0.1) is 12.7 Å². The highest BCUT2D eigenvalue weighted by molar-refractivity contribution is 5.98. The molecular formula is C21H23FN2O3. The summed E-state index contributed by atoms with van der Waals surface area (Å²) in [4.78, 5) is 28.9. The highest BCUT2D eigenvalue weighted by Crippen LogP contribution is 2.23. The number of nitrogens with zero attached hydrogens (tertiary/aromatic N) is 2. The number of rotatable bonds is 4. The van der Waals surface area contributed by atoms with Crippen molar-refractivity contribution in [2.45, 2.75) is 13.3 Å². The number of halogens is 1. The Balaban J connectivity index is 1.67.